The van der Waals surface area contributed by atoms with Crippen LogP contribution in [0.4, 0.5) is 0 Å². The molecule has 1 aromatic carbocycles. The molecule has 0 spiro atoms. The Balaban J connectivity index is 1.84. The van der Waals surface area contributed by atoms with Crippen LogP contribution < -0.4 is 5.32 Å². The molecule has 0 saturated heterocycles. The second-order valence-electron chi connectivity index (χ2n) is 4.95. The van der Waals surface area contributed by atoms with Gasteiger partial charge in [0.15, 0.2) is 0 Å². The van der Waals surface area contributed by atoms with Gasteiger partial charge in [0.25, 0.3) is 11.7 Å². The standard InChI is InChI=1S/C15H14BrN5O/c1-9-7-8-17-15-19-13(20-21(9)15)14(22)18-10(2)11-5-3-4-6-12(11)16/h3-8,10H,1-2H3,(H,18,22). The second-order valence-corrected chi connectivity index (χ2v) is 5.80. The molecule has 0 fully saturated rings. The monoisotopic (exact) mass is 359 g/mol. The number of fused-ring (bicyclic) bond motifs is 1. The lowest BCUT2D eigenvalue weighted by atomic mass is 10.1. The average Bonchev–Trinajstić information content (AvgIpc) is 2.93. The predicted molar refractivity (Wildman–Crippen MR) is 85.5 cm³/mol. The number of aromatic nitrogens is 4. The van der Waals surface area contributed by atoms with Crippen LogP contribution in [0.2, 0.25) is 0 Å². The number of hydrogen-bond donors (Lipinski definition) is 1. The Morgan fingerprint density at radius 3 is 2.82 bits per heavy atom. The molecule has 2 aromatic heterocycles. The molecule has 0 bridgehead atoms. The van der Waals surface area contributed by atoms with E-state index in [0.29, 0.717) is 5.78 Å². The van der Waals surface area contributed by atoms with Crippen LogP contribution in [0.25, 0.3) is 5.78 Å². The lowest BCUT2D eigenvalue weighted by molar-refractivity contribution is 0.0929. The summed E-state index contributed by atoms with van der Waals surface area (Å²) in [6.07, 6.45) is 1.64. The number of halogens is 1. The van der Waals surface area contributed by atoms with Crippen molar-refractivity contribution < 1.29 is 4.79 Å². The molecule has 1 unspecified atom stereocenters. The minimum Gasteiger partial charge on any atom is -0.343 e. The van der Waals surface area contributed by atoms with Gasteiger partial charge in [0, 0.05) is 16.4 Å². The highest BCUT2D eigenvalue weighted by molar-refractivity contribution is 9.10. The topological polar surface area (TPSA) is 72.2 Å². The van der Waals surface area contributed by atoms with E-state index in [2.05, 4.69) is 36.3 Å². The fourth-order valence-corrected chi connectivity index (χ4v) is 2.80. The SMILES string of the molecule is Cc1ccnc2nc(C(=O)NC(C)c3ccccc3Br)nn12. The van der Waals surface area contributed by atoms with Crippen LogP contribution >= 0.6 is 15.9 Å². The molecule has 7 heteroatoms. The lowest BCUT2D eigenvalue weighted by Gasteiger charge is -2.14. The van der Waals surface area contributed by atoms with E-state index >= 15 is 0 Å². The van der Waals surface area contributed by atoms with E-state index in [1.165, 1.54) is 0 Å². The highest BCUT2D eigenvalue weighted by Gasteiger charge is 2.18. The third kappa shape index (κ3) is 2.71. The van der Waals surface area contributed by atoms with Crippen molar-refractivity contribution in [3.8, 4) is 0 Å². The van der Waals surface area contributed by atoms with Crippen LogP contribution in [0.3, 0.4) is 0 Å². The maximum absolute atomic E-state index is 12.3. The number of nitrogens with zero attached hydrogens (tertiary/aromatic N) is 4. The Bertz CT molecular complexity index is 845. The summed E-state index contributed by atoms with van der Waals surface area (Å²) in [5, 5.41) is 7.10. The number of aryl methyl sites for hydroxylation is 1. The molecular weight excluding hydrogens is 346 g/mol. The first-order valence-corrected chi connectivity index (χ1v) is 7.59. The van der Waals surface area contributed by atoms with Gasteiger partial charge in [-0.15, -0.1) is 5.10 Å². The molecule has 0 aliphatic heterocycles. The Labute approximate surface area is 135 Å². The van der Waals surface area contributed by atoms with Gasteiger partial charge >= 0.3 is 0 Å². The summed E-state index contributed by atoms with van der Waals surface area (Å²) in [6.45, 7) is 3.80. The summed E-state index contributed by atoms with van der Waals surface area (Å²) in [5.74, 6) is 0.201. The van der Waals surface area contributed by atoms with Crippen molar-refractivity contribution in [3.05, 3.63) is 58.1 Å². The van der Waals surface area contributed by atoms with Gasteiger partial charge in [0.2, 0.25) is 5.82 Å². The zero-order chi connectivity index (χ0) is 15.7. The van der Waals surface area contributed by atoms with E-state index in [-0.39, 0.29) is 17.8 Å². The van der Waals surface area contributed by atoms with Crippen molar-refractivity contribution in [2.45, 2.75) is 19.9 Å². The summed E-state index contributed by atoms with van der Waals surface area (Å²) in [7, 11) is 0. The van der Waals surface area contributed by atoms with Crippen LogP contribution in [0, 0.1) is 6.92 Å². The third-order valence-corrected chi connectivity index (χ3v) is 4.07. The van der Waals surface area contributed by atoms with Gasteiger partial charge in [-0.05, 0) is 31.5 Å². The largest absolute Gasteiger partial charge is 0.343 e. The summed E-state index contributed by atoms with van der Waals surface area (Å²) in [5.41, 5.74) is 1.87. The van der Waals surface area contributed by atoms with Crippen LogP contribution in [-0.2, 0) is 0 Å². The van der Waals surface area contributed by atoms with Crippen LogP contribution in [0.15, 0.2) is 41.0 Å². The van der Waals surface area contributed by atoms with E-state index in [4.69, 9.17) is 0 Å². The molecule has 0 aliphatic carbocycles. The molecule has 0 radical (unpaired) electrons. The number of hydrogen-bond acceptors (Lipinski definition) is 4. The predicted octanol–water partition coefficient (Wildman–Crippen LogP) is 2.69. The van der Waals surface area contributed by atoms with Gasteiger partial charge < -0.3 is 5.32 Å². The summed E-state index contributed by atoms with van der Waals surface area (Å²) in [6, 6.07) is 9.41. The zero-order valence-electron chi connectivity index (χ0n) is 12.1. The number of carbonyl (C=O) groups is 1. The normalized spacial score (nSPS) is 12.3. The molecule has 1 amide bonds. The molecule has 0 saturated carbocycles. The van der Waals surface area contributed by atoms with Crippen molar-refractivity contribution in [2.24, 2.45) is 0 Å². The molecule has 1 atom stereocenters. The molecule has 0 aliphatic rings. The van der Waals surface area contributed by atoms with Crippen molar-refractivity contribution in [3.63, 3.8) is 0 Å². The Kier molecular flexibility index (Phi) is 3.89. The first-order chi connectivity index (χ1) is 10.6. The Morgan fingerprint density at radius 2 is 2.09 bits per heavy atom. The number of benzene rings is 1. The van der Waals surface area contributed by atoms with Crippen molar-refractivity contribution in [1.82, 2.24) is 24.9 Å². The molecule has 2 heterocycles. The van der Waals surface area contributed by atoms with E-state index in [9.17, 15) is 4.79 Å². The third-order valence-electron chi connectivity index (χ3n) is 3.35. The number of carbonyl (C=O) groups excluding carboxylic acids is 1. The van der Waals surface area contributed by atoms with Gasteiger partial charge in [-0.1, -0.05) is 34.1 Å². The quantitative estimate of drug-likeness (QED) is 0.780. The number of amides is 1. The van der Waals surface area contributed by atoms with E-state index < -0.39 is 0 Å². The summed E-state index contributed by atoms with van der Waals surface area (Å²) < 4.78 is 2.50. The Hall–Kier alpha value is -2.28. The fourth-order valence-electron chi connectivity index (χ4n) is 2.17. The van der Waals surface area contributed by atoms with Gasteiger partial charge in [0.1, 0.15) is 0 Å². The van der Waals surface area contributed by atoms with E-state index in [0.717, 1.165) is 15.7 Å². The molecule has 1 N–H and O–H groups in total. The molecule has 3 rings (SSSR count). The first kappa shape index (κ1) is 14.6. The Morgan fingerprint density at radius 1 is 1.32 bits per heavy atom. The highest BCUT2D eigenvalue weighted by Crippen LogP contribution is 2.22. The zero-order valence-corrected chi connectivity index (χ0v) is 13.7. The second kappa shape index (κ2) is 5.84. The van der Waals surface area contributed by atoms with Gasteiger partial charge in [-0.3, -0.25) is 4.79 Å². The van der Waals surface area contributed by atoms with E-state index in [1.807, 2.05) is 44.2 Å². The van der Waals surface area contributed by atoms with Crippen LogP contribution in [0.5, 0.6) is 0 Å². The van der Waals surface area contributed by atoms with Crippen LogP contribution in [-0.4, -0.2) is 25.5 Å². The first-order valence-electron chi connectivity index (χ1n) is 6.80. The molecule has 3 aromatic rings. The van der Waals surface area contributed by atoms with E-state index in [1.54, 1.807) is 10.7 Å². The molecular formula is C15H14BrN5O. The fraction of sp³-hybridized carbons (Fsp3) is 0.200. The maximum Gasteiger partial charge on any atom is 0.291 e. The summed E-state index contributed by atoms with van der Waals surface area (Å²) >= 11 is 3.48. The average molecular weight is 360 g/mol. The van der Waals surface area contributed by atoms with Gasteiger partial charge in [-0.25, -0.2) is 9.50 Å². The number of nitrogens with one attached hydrogen (secondary N) is 1. The minimum atomic E-state index is -0.326. The van der Waals surface area contributed by atoms with Crippen molar-refractivity contribution in [1.29, 1.82) is 0 Å². The maximum atomic E-state index is 12.3. The molecule has 112 valence electrons. The van der Waals surface area contributed by atoms with Gasteiger partial charge in [0.05, 0.1) is 6.04 Å². The van der Waals surface area contributed by atoms with Crippen molar-refractivity contribution >= 4 is 27.6 Å². The molecule has 22 heavy (non-hydrogen) atoms. The number of rotatable bonds is 3. The van der Waals surface area contributed by atoms with Crippen molar-refractivity contribution in [2.75, 3.05) is 0 Å². The summed E-state index contributed by atoms with van der Waals surface area (Å²) in [4.78, 5) is 20.6. The minimum absolute atomic E-state index is 0.112. The van der Waals surface area contributed by atoms with Gasteiger partial charge in [-0.2, -0.15) is 4.98 Å². The van der Waals surface area contributed by atoms with Crippen LogP contribution in [0.1, 0.15) is 34.8 Å². The molecule has 6 nitrogen and oxygen atoms in total. The smallest absolute Gasteiger partial charge is 0.291 e. The highest BCUT2D eigenvalue weighted by atomic mass is 79.9. The lowest BCUT2D eigenvalue weighted by Crippen LogP contribution is -2.27.